The molecule has 19 heavy (non-hydrogen) atoms. The molecule has 0 atom stereocenters. The lowest BCUT2D eigenvalue weighted by atomic mass is 10.1. The fourth-order valence-corrected chi connectivity index (χ4v) is 1.51. The third kappa shape index (κ3) is 3.96. The van der Waals surface area contributed by atoms with E-state index in [9.17, 15) is 4.79 Å². The SMILES string of the molecule is Cc1cccc(C(=O)N/N=C\C=C\c2ccco2)c1. The van der Waals surface area contributed by atoms with Gasteiger partial charge in [-0.25, -0.2) is 5.43 Å². The number of allylic oxidation sites excluding steroid dienone is 1. The third-order valence-electron chi connectivity index (χ3n) is 2.41. The molecule has 0 unspecified atom stereocenters. The molecule has 0 saturated heterocycles. The first-order chi connectivity index (χ1) is 9.25. The van der Waals surface area contributed by atoms with Gasteiger partial charge in [-0.1, -0.05) is 17.7 Å². The van der Waals surface area contributed by atoms with Gasteiger partial charge in [0.25, 0.3) is 5.91 Å². The number of furan rings is 1. The summed E-state index contributed by atoms with van der Waals surface area (Å²) in [6.07, 6.45) is 6.53. The van der Waals surface area contributed by atoms with Gasteiger partial charge in [0.1, 0.15) is 5.76 Å². The number of rotatable bonds is 4. The normalized spacial score (nSPS) is 11.2. The van der Waals surface area contributed by atoms with Crippen LogP contribution in [0.4, 0.5) is 0 Å². The first-order valence-corrected chi connectivity index (χ1v) is 5.86. The standard InChI is InChI=1S/C15H14N2O2/c1-12-5-2-6-13(11-12)15(18)17-16-9-3-7-14-8-4-10-19-14/h2-11H,1H3,(H,17,18)/b7-3+,16-9-. The Morgan fingerprint density at radius 2 is 2.21 bits per heavy atom. The van der Waals surface area contributed by atoms with Crippen molar-refractivity contribution < 1.29 is 9.21 Å². The number of aryl methyl sites for hydroxylation is 1. The number of benzene rings is 1. The van der Waals surface area contributed by atoms with Gasteiger partial charge in [0, 0.05) is 11.8 Å². The zero-order valence-corrected chi connectivity index (χ0v) is 10.5. The van der Waals surface area contributed by atoms with Crippen molar-refractivity contribution in [1.82, 2.24) is 5.43 Å². The molecule has 0 aliphatic carbocycles. The number of nitrogens with zero attached hydrogens (tertiary/aromatic N) is 1. The third-order valence-corrected chi connectivity index (χ3v) is 2.41. The van der Waals surface area contributed by atoms with Gasteiger partial charge in [0.15, 0.2) is 0 Å². The van der Waals surface area contributed by atoms with Gasteiger partial charge in [-0.2, -0.15) is 5.10 Å². The molecule has 0 bridgehead atoms. The highest BCUT2D eigenvalue weighted by Gasteiger charge is 2.02. The number of hydrogen-bond acceptors (Lipinski definition) is 3. The molecule has 0 fully saturated rings. The molecular formula is C15H14N2O2. The Hall–Kier alpha value is -2.62. The van der Waals surface area contributed by atoms with Crippen molar-refractivity contribution in [2.75, 3.05) is 0 Å². The van der Waals surface area contributed by atoms with E-state index in [4.69, 9.17) is 4.42 Å². The Kier molecular flexibility index (Phi) is 4.29. The van der Waals surface area contributed by atoms with Gasteiger partial charge in [0.2, 0.25) is 0 Å². The monoisotopic (exact) mass is 254 g/mol. The Labute approximate surface area is 111 Å². The van der Waals surface area contributed by atoms with E-state index in [-0.39, 0.29) is 5.91 Å². The fourth-order valence-electron chi connectivity index (χ4n) is 1.51. The van der Waals surface area contributed by atoms with Crippen LogP contribution in [-0.4, -0.2) is 12.1 Å². The minimum Gasteiger partial charge on any atom is -0.465 e. The van der Waals surface area contributed by atoms with Crippen LogP contribution in [0.2, 0.25) is 0 Å². The minimum absolute atomic E-state index is 0.230. The first kappa shape index (κ1) is 12.8. The molecule has 0 aliphatic heterocycles. The summed E-state index contributed by atoms with van der Waals surface area (Å²) in [6, 6.07) is 11.0. The summed E-state index contributed by atoms with van der Waals surface area (Å²) in [7, 11) is 0. The molecule has 1 aromatic carbocycles. The van der Waals surface area contributed by atoms with E-state index in [1.54, 1.807) is 30.5 Å². The summed E-state index contributed by atoms with van der Waals surface area (Å²) in [5.41, 5.74) is 4.08. The van der Waals surface area contributed by atoms with E-state index < -0.39 is 0 Å². The zero-order chi connectivity index (χ0) is 13.5. The largest absolute Gasteiger partial charge is 0.465 e. The van der Waals surface area contributed by atoms with Crippen LogP contribution in [0.1, 0.15) is 21.7 Å². The molecule has 96 valence electrons. The van der Waals surface area contributed by atoms with Crippen LogP contribution in [-0.2, 0) is 0 Å². The molecular weight excluding hydrogens is 240 g/mol. The maximum Gasteiger partial charge on any atom is 0.271 e. The van der Waals surface area contributed by atoms with Crippen LogP contribution in [0.15, 0.2) is 58.3 Å². The van der Waals surface area contributed by atoms with E-state index in [1.807, 2.05) is 31.2 Å². The Morgan fingerprint density at radius 1 is 1.32 bits per heavy atom. The number of carbonyl (C=O) groups is 1. The summed E-state index contributed by atoms with van der Waals surface area (Å²) in [4.78, 5) is 11.7. The Balaban J connectivity index is 1.87. The van der Waals surface area contributed by atoms with Gasteiger partial charge in [-0.3, -0.25) is 4.79 Å². The fraction of sp³-hybridized carbons (Fsp3) is 0.0667. The zero-order valence-electron chi connectivity index (χ0n) is 10.5. The predicted molar refractivity (Wildman–Crippen MR) is 74.9 cm³/mol. The highest BCUT2D eigenvalue weighted by Crippen LogP contribution is 2.03. The van der Waals surface area contributed by atoms with Crippen molar-refractivity contribution in [2.45, 2.75) is 6.92 Å². The van der Waals surface area contributed by atoms with Crippen LogP contribution >= 0.6 is 0 Å². The summed E-state index contributed by atoms with van der Waals surface area (Å²) >= 11 is 0. The van der Waals surface area contributed by atoms with Gasteiger partial charge >= 0.3 is 0 Å². The van der Waals surface area contributed by atoms with Gasteiger partial charge in [-0.15, -0.1) is 0 Å². The van der Waals surface area contributed by atoms with Gasteiger partial charge < -0.3 is 4.42 Å². The average molecular weight is 254 g/mol. The number of hydrogen-bond donors (Lipinski definition) is 1. The van der Waals surface area contributed by atoms with Crippen LogP contribution in [0.25, 0.3) is 6.08 Å². The molecule has 0 spiro atoms. The van der Waals surface area contributed by atoms with Crippen LogP contribution in [0.5, 0.6) is 0 Å². The van der Waals surface area contributed by atoms with Crippen molar-refractivity contribution in [1.29, 1.82) is 0 Å². The molecule has 0 radical (unpaired) electrons. The van der Waals surface area contributed by atoms with Crippen LogP contribution in [0.3, 0.4) is 0 Å². The molecule has 1 N–H and O–H groups in total. The molecule has 4 nitrogen and oxygen atoms in total. The van der Waals surface area contributed by atoms with Gasteiger partial charge in [-0.05, 0) is 43.3 Å². The molecule has 0 saturated carbocycles. The quantitative estimate of drug-likeness (QED) is 0.673. The predicted octanol–water partition coefficient (Wildman–Crippen LogP) is 3.02. The number of amides is 1. The topological polar surface area (TPSA) is 54.6 Å². The summed E-state index contributed by atoms with van der Waals surface area (Å²) in [5.74, 6) is 0.503. The lowest BCUT2D eigenvalue weighted by molar-refractivity contribution is 0.0955. The van der Waals surface area contributed by atoms with E-state index in [0.29, 0.717) is 5.56 Å². The van der Waals surface area contributed by atoms with E-state index in [1.165, 1.54) is 6.21 Å². The lowest BCUT2D eigenvalue weighted by Gasteiger charge is -1.99. The molecule has 2 rings (SSSR count). The van der Waals surface area contributed by atoms with Crippen LogP contribution in [0, 0.1) is 6.92 Å². The highest BCUT2D eigenvalue weighted by atomic mass is 16.3. The second-order valence-electron chi connectivity index (χ2n) is 3.96. The smallest absolute Gasteiger partial charge is 0.271 e. The maximum atomic E-state index is 11.7. The lowest BCUT2D eigenvalue weighted by Crippen LogP contribution is -2.17. The number of carbonyl (C=O) groups excluding carboxylic acids is 1. The second-order valence-corrected chi connectivity index (χ2v) is 3.96. The first-order valence-electron chi connectivity index (χ1n) is 5.86. The molecule has 2 aromatic rings. The van der Waals surface area contributed by atoms with E-state index in [0.717, 1.165) is 11.3 Å². The van der Waals surface area contributed by atoms with Gasteiger partial charge in [0.05, 0.1) is 6.26 Å². The highest BCUT2D eigenvalue weighted by molar-refractivity contribution is 5.94. The molecule has 1 amide bonds. The van der Waals surface area contributed by atoms with E-state index >= 15 is 0 Å². The summed E-state index contributed by atoms with van der Waals surface area (Å²) < 4.78 is 5.11. The molecule has 0 aliphatic rings. The van der Waals surface area contributed by atoms with Crippen LogP contribution < -0.4 is 5.43 Å². The maximum absolute atomic E-state index is 11.7. The minimum atomic E-state index is -0.230. The van der Waals surface area contributed by atoms with E-state index in [2.05, 4.69) is 10.5 Å². The Morgan fingerprint density at radius 3 is 2.95 bits per heavy atom. The van der Waals surface area contributed by atoms with Crippen molar-refractivity contribution in [3.05, 3.63) is 65.6 Å². The molecule has 1 heterocycles. The Bertz CT molecular complexity index is 598. The number of hydrazone groups is 1. The number of nitrogens with one attached hydrogen (secondary N) is 1. The molecule has 4 heteroatoms. The molecule has 1 aromatic heterocycles. The van der Waals surface area contributed by atoms with Crippen molar-refractivity contribution in [3.63, 3.8) is 0 Å². The van der Waals surface area contributed by atoms with Crippen molar-refractivity contribution in [3.8, 4) is 0 Å². The van der Waals surface area contributed by atoms with Crippen molar-refractivity contribution >= 4 is 18.2 Å². The summed E-state index contributed by atoms with van der Waals surface area (Å²) in [6.45, 7) is 1.94. The van der Waals surface area contributed by atoms with Crippen molar-refractivity contribution in [2.24, 2.45) is 5.10 Å². The average Bonchev–Trinajstić information content (AvgIpc) is 2.91. The summed E-state index contributed by atoms with van der Waals surface area (Å²) in [5, 5.41) is 3.82. The second kappa shape index (κ2) is 6.35.